The van der Waals surface area contributed by atoms with E-state index in [1.807, 2.05) is 6.07 Å². The number of rotatable bonds is 2. The van der Waals surface area contributed by atoms with Crippen molar-refractivity contribution in [1.29, 1.82) is 5.26 Å². The van der Waals surface area contributed by atoms with Gasteiger partial charge in [0.05, 0.1) is 35.2 Å². The number of anilines is 1. The van der Waals surface area contributed by atoms with Crippen molar-refractivity contribution in [3.05, 3.63) is 58.9 Å². The van der Waals surface area contributed by atoms with Crippen LogP contribution in [-0.2, 0) is 9.47 Å². The van der Waals surface area contributed by atoms with Crippen LogP contribution in [0.4, 0.5) is 5.69 Å². The van der Waals surface area contributed by atoms with Crippen molar-refractivity contribution < 1.29 is 23.9 Å². The van der Waals surface area contributed by atoms with Gasteiger partial charge in [0.2, 0.25) is 0 Å². The first kappa shape index (κ1) is 16.4. The van der Waals surface area contributed by atoms with Crippen LogP contribution in [0.1, 0.15) is 36.8 Å². The predicted molar refractivity (Wildman–Crippen MR) is 93.5 cm³/mol. The molecule has 0 bridgehead atoms. The van der Waals surface area contributed by atoms with Gasteiger partial charge < -0.3 is 19.8 Å². The maximum absolute atomic E-state index is 12.2. The van der Waals surface area contributed by atoms with Crippen LogP contribution in [0, 0.1) is 11.3 Å². The van der Waals surface area contributed by atoms with E-state index >= 15 is 0 Å². The summed E-state index contributed by atoms with van der Waals surface area (Å²) in [7, 11) is 1.21. The molecule has 3 aromatic rings. The Kier molecular flexibility index (Phi) is 3.46. The molecule has 1 aliphatic heterocycles. The molecular weight excluding hydrogens is 350 g/mol. The Balaban J connectivity index is 2.11. The van der Waals surface area contributed by atoms with Crippen molar-refractivity contribution in [1.82, 2.24) is 4.57 Å². The molecule has 4 rings (SSSR count). The summed E-state index contributed by atoms with van der Waals surface area (Å²) in [5.41, 5.74) is 6.96. The number of cyclic esters (lactones) is 2. The van der Waals surface area contributed by atoms with Gasteiger partial charge in [0, 0.05) is 17.0 Å². The molecule has 2 heterocycles. The lowest BCUT2D eigenvalue weighted by Gasteiger charge is -2.18. The quantitative estimate of drug-likeness (QED) is 0.548. The van der Waals surface area contributed by atoms with Crippen LogP contribution >= 0.6 is 0 Å². The number of nitrogens with zero attached hydrogens (tertiary/aromatic N) is 2. The van der Waals surface area contributed by atoms with Crippen molar-refractivity contribution in [2.45, 2.75) is 0 Å². The lowest BCUT2D eigenvalue weighted by Crippen LogP contribution is -2.20. The largest absolute Gasteiger partial charge is 0.464 e. The van der Waals surface area contributed by atoms with Gasteiger partial charge >= 0.3 is 17.9 Å². The molecule has 0 atom stereocenters. The second kappa shape index (κ2) is 5.71. The SMILES string of the molecule is COC(=O)c1c(N)c(C#N)cn1-c1ccc2c3c(cccc13)C(=O)OC2=O. The third kappa shape index (κ3) is 2.19. The Morgan fingerprint density at radius 3 is 2.56 bits per heavy atom. The van der Waals surface area contributed by atoms with E-state index in [1.54, 1.807) is 24.3 Å². The first-order chi connectivity index (χ1) is 13.0. The summed E-state index contributed by atoms with van der Waals surface area (Å²) in [4.78, 5) is 36.4. The number of carbonyl (C=O) groups is 3. The number of esters is 3. The smallest absolute Gasteiger partial charge is 0.357 e. The molecule has 27 heavy (non-hydrogen) atoms. The number of hydrogen-bond donors (Lipinski definition) is 1. The number of nitrogens with two attached hydrogens (primary N) is 1. The van der Waals surface area contributed by atoms with Gasteiger partial charge in [0.1, 0.15) is 6.07 Å². The summed E-state index contributed by atoms with van der Waals surface area (Å²) in [5.74, 6) is -2.20. The number of methoxy groups -OCH3 is 1. The molecule has 0 spiro atoms. The molecular formula is C19H11N3O5. The van der Waals surface area contributed by atoms with Gasteiger partial charge in [0.25, 0.3) is 0 Å². The van der Waals surface area contributed by atoms with E-state index < -0.39 is 17.9 Å². The fourth-order valence-corrected chi connectivity index (χ4v) is 3.24. The summed E-state index contributed by atoms with van der Waals surface area (Å²) in [6.07, 6.45) is 1.41. The molecule has 0 amide bonds. The minimum Gasteiger partial charge on any atom is -0.464 e. The Morgan fingerprint density at radius 2 is 1.89 bits per heavy atom. The molecule has 1 aromatic heterocycles. The fourth-order valence-electron chi connectivity index (χ4n) is 3.24. The topological polar surface area (TPSA) is 124 Å². The van der Waals surface area contributed by atoms with Crippen LogP contribution in [0.5, 0.6) is 0 Å². The summed E-state index contributed by atoms with van der Waals surface area (Å²) in [6, 6.07) is 9.91. The van der Waals surface area contributed by atoms with Crippen molar-refractivity contribution in [2.75, 3.05) is 12.8 Å². The number of carbonyl (C=O) groups excluding carboxylic acids is 3. The highest BCUT2D eigenvalue weighted by Gasteiger charge is 2.29. The monoisotopic (exact) mass is 361 g/mol. The average Bonchev–Trinajstić information content (AvgIpc) is 3.01. The van der Waals surface area contributed by atoms with E-state index in [4.69, 9.17) is 15.2 Å². The van der Waals surface area contributed by atoms with Crippen LogP contribution in [0.25, 0.3) is 16.5 Å². The van der Waals surface area contributed by atoms with Crippen LogP contribution < -0.4 is 5.73 Å². The number of benzene rings is 2. The van der Waals surface area contributed by atoms with Gasteiger partial charge in [-0.2, -0.15) is 5.26 Å². The molecule has 0 saturated heterocycles. The zero-order valence-electron chi connectivity index (χ0n) is 14.0. The number of ether oxygens (including phenoxy) is 2. The van der Waals surface area contributed by atoms with Gasteiger partial charge in [-0.15, -0.1) is 0 Å². The Morgan fingerprint density at radius 1 is 1.19 bits per heavy atom. The zero-order valence-corrected chi connectivity index (χ0v) is 14.0. The van der Waals surface area contributed by atoms with Gasteiger partial charge in [-0.25, -0.2) is 14.4 Å². The van der Waals surface area contributed by atoms with Crippen LogP contribution in [0.2, 0.25) is 0 Å². The third-order valence-corrected chi connectivity index (χ3v) is 4.45. The van der Waals surface area contributed by atoms with Crippen LogP contribution in [0.15, 0.2) is 36.5 Å². The van der Waals surface area contributed by atoms with E-state index in [0.717, 1.165) is 0 Å². The second-order valence-corrected chi connectivity index (χ2v) is 5.82. The van der Waals surface area contributed by atoms with Gasteiger partial charge in [0.15, 0.2) is 5.69 Å². The number of nitriles is 1. The van der Waals surface area contributed by atoms with E-state index in [0.29, 0.717) is 16.5 Å². The standard InChI is InChI=1S/C19H11N3O5/c1-26-19(25)16-15(21)9(7-20)8-22(16)13-6-5-12-14-10(13)3-2-4-11(14)17(23)27-18(12)24/h2-6,8H,21H2,1H3. The van der Waals surface area contributed by atoms with Crippen molar-refractivity contribution in [3.63, 3.8) is 0 Å². The van der Waals surface area contributed by atoms with Crippen molar-refractivity contribution in [3.8, 4) is 11.8 Å². The van der Waals surface area contributed by atoms with Gasteiger partial charge in [-0.3, -0.25) is 0 Å². The minimum absolute atomic E-state index is 0.0136. The highest BCUT2D eigenvalue weighted by molar-refractivity contribution is 6.22. The molecule has 132 valence electrons. The highest BCUT2D eigenvalue weighted by atomic mass is 16.6. The fraction of sp³-hybridized carbons (Fsp3) is 0.0526. The Bertz CT molecular complexity index is 1200. The molecule has 2 aromatic carbocycles. The number of nitrogen functional groups attached to an aromatic ring is 1. The van der Waals surface area contributed by atoms with E-state index in [2.05, 4.69) is 0 Å². The Hall–Kier alpha value is -4.12. The second-order valence-electron chi connectivity index (χ2n) is 5.82. The summed E-state index contributed by atoms with van der Waals surface area (Å²) >= 11 is 0. The van der Waals surface area contributed by atoms with Crippen molar-refractivity contribution >= 4 is 34.4 Å². The van der Waals surface area contributed by atoms with Gasteiger partial charge in [-0.1, -0.05) is 12.1 Å². The molecule has 8 heteroatoms. The summed E-state index contributed by atoms with van der Waals surface area (Å²) in [5, 5.41) is 10.2. The lowest BCUT2D eigenvalue weighted by molar-refractivity contribution is 0.0390. The molecule has 8 nitrogen and oxygen atoms in total. The maximum Gasteiger partial charge on any atom is 0.357 e. The average molecular weight is 361 g/mol. The van der Waals surface area contributed by atoms with Crippen LogP contribution in [-0.4, -0.2) is 29.6 Å². The first-order valence-electron chi connectivity index (χ1n) is 7.79. The molecule has 1 aliphatic rings. The normalized spacial score (nSPS) is 12.6. The molecule has 2 N–H and O–H groups in total. The number of hydrogen-bond acceptors (Lipinski definition) is 7. The van der Waals surface area contributed by atoms with Crippen molar-refractivity contribution in [2.24, 2.45) is 0 Å². The third-order valence-electron chi connectivity index (χ3n) is 4.45. The van der Waals surface area contributed by atoms with E-state index in [-0.39, 0.29) is 28.1 Å². The molecule has 0 fully saturated rings. The molecule has 0 saturated carbocycles. The predicted octanol–water partition coefficient (Wildman–Crippen LogP) is 2.18. The summed E-state index contributed by atoms with van der Waals surface area (Å²) in [6.45, 7) is 0. The van der Waals surface area contributed by atoms with E-state index in [9.17, 15) is 19.6 Å². The maximum atomic E-state index is 12.2. The highest BCUT2D eigenvalue weighted by Crippen LogP contribution is 2.35. The number of aromatic nitrogens is 1. The van der Waals surface area contributed by atoms with E-state index in [1.165, 1.54) is 23.9 Å². The zero-order chi connectivity index (χ0) is 19.3. The first-order valence-corrected chi connectivity index (χ1v) is 7.79. The minimum atomic E-state index is -0.742. The van der Waals surface area contributed by atoms with Gasteiger partial charge in [-0.05, 0) is 18.2 Å². The Labute approximate surface area is 152 Å². The molecule has 0 unspecified atom stereocenters. The molecule has 0 radical (unpaired) electrons. The lowest BCUT2D eigenvalue weighted by atomic mass is 9.96. The summed E-state index contributed by atoms with van der Waals surface area (Å²) < 4.78 is 11.0. The molecule has 0 aliphatic carbocycles. The van der Waals surface area contributed by atoms with Crippen LogP contribution in [0.3, 0.4) is 0 Å².